The first-order valence-corrected chi connectivity index (χ1v) is 7.92. The lowest BCUT2D eigenvalue weighted by Gasteiger charge is -2.08. The highest BCUT2D eigenvalue weighted by atomic mass is 79.9. The van der Waals surface area contributed by atoms with Crippen LogP contribution in [-0.4, -0.2) is 33.1 Å². The molecule has 13 heteroatoms. The van der Waals surface area contributed by atoms with E-state index in [0.29, 0.717) is 6.07 Å². The first kappa shape index (κ1) is 19.2. The van der Waals surface area contributed by atoms with Gasteiger partial charge in [-0.25, -0.2) is 0 Å². The Bertz CT molecular complexity index is 782. The van der Waals surface area contributed by atoms with E-state index in [4.69, 9.17) is 14.5 Å². The van der Waals surface area contributed by atoms with Crippen molar-refractivity contribution in [2.75, 3.05) is 7.11 Å². The molecule has 1 aromatic carbocycles. The van der Waals surface area contributed by atoms with E-state index < -0.39 is 45.9 Å². The molecule has 1 rings (SSSR count). The second kappa shape index (κ2) is 6.33. The van der Waals surface area contributed by atoms with Gasteiger partial charge in [0.25, 0.3) is 20.2 Å². The minimum atomic E-state index is -4.91. The molecule has 0 aliphatic heterocycles. The summed E-state index contributed by atoms with van der Waals surface area (Å²) in [5.74, 6) is -0.593. The maximum atomic E-state index is 11.2. The van der Waals surface area contributed by atoms with Crippen molar-refractivity contribution in [1.29, 1.82) is 5.39 Å². The van der Waals surface area contributed by atoms with Gasteiger partial charge >= 0.3 is 5.69 Å². The van der Waals surface area contributed by atoms with Gasteiger partial charge in [-0.1, -0.05) is 0 Å². The second-order valence-electron chi connectivity index (χ2n) is 3.12. The minimum Gasteiger partial charge on any atom is -1.00 e. The van der Waals surface area contributed by atoms with Crippen molar-refractivity contribution in [3.8, 4) is 5.75 Å². The average Bonchev–Trinajstić information content (AvgIpc) is 2.24. The highest BCUT2D eigenvalue weighted by molar-refractivity contribution is 9.10. The Morgan fingerprint density at radius 3 is 2.05 bits per heavy atom. The van der Waals surface area contributed by atoms with Gasteiger partial charge < -0.3 is 21.7 Å². The van der Waals surface area contributed by atoms with Crippen LogP contribution in [-0.2, 0) is 20.2 Å². The molecule has 0 amide bonds. The Hall–Kier alpha value is -0.780. The maximum absolute atomic E-state index is 11.2. The number of benzene rings is 1. The molecule has 0 unspecified atom stereocenters. The van der Waals surface area contributed by atoms with Gasteiger partial charge in [-0.2, -0.15) is 16.8 Å². The third kappa shape index (κ3) is 3.65. The van der Waals surface area contributed by atoms with Gasteiger partial charge in [0.1, 0.15) is 4.90 Å². The fraction of sp³-hybridized carbons (Fsp3) is 0.143. The number of hydrogen-bond acceptors (Lipinski definition) is 6. The summed E-state index contributed by atoms with van der Waals surface area (Å²) in [6.45, 7) is 0. The summed E-state index contributed by atoms with van der Waals surface area (Å²) in [4.78, 5) is 0.737. The van der Waals surface area contributed by atoms with Gasteiger partial charge in [0, 0.05) is 0 Å². The first-order valence-electron chi connectivity index (χ1n) is 4.24. The van der Waals surface area contributed by atoms with Crippen LogP contribution in [0.15, 0.2) is 20.3 Å². The number of halogens is 2. The lowest BCUT2D eigenvalue weighted by Crippen LogP contribution is -3.00. The van der Waals surface area contributed by atoms with Gasteiger partial charge in [-0.05, 0) is 15.9 Å². The Morgan fingerprint density at radius 1 is 1.25 bits per heavy atom. The Balaban J connectivity index is 0.00000361. The molecule has 0 atom stereocenters. The SMILES string of the molecule is COc1c([N+]#N)cc(S(=O)(=O)O)c(Br)c1S(=O)(=O)O.[Br-]. The summed E-state index contributed by atoms with van der Waals surface area (Å²) in [6.07, 6.45) is 0. The van der Waals surface area contributed by atoms with Crippen LogP contribution < -0.4 is 21.7 Å². The van der Waals surface area contributed by atoms with Gasteiger partial charge in [-0.3, -0.25) is 9.11 Å². The maximum Gasteiger partial charge on any atom is 0.429 e. The molecule has 2 N–H and O–H groups in total. The zero-order valence-electron chi connectivity index (χ0n) is 9.48. The number of ether oxygens (including phenoxy) is 1. The molecule has 0 spiro atoms. The largest absolute Gasteiger partial charge is 1.00 e. The predicted molar refractivity (Wildman–Crippen MR) is 65.1 cm³/mol. The zero-order valence-corrected chi connectivity index (χ0v) is 14.3. The summed E-state index contributed by atoms with van der Waals surface area (Å²) in [6, 6.07) is 0.660. The summed E-state index contributed by atoms with van der Waals surface area (Å²) in [7, 11) is -8.72. The van der Waals surface area contributed by atoms with Crippen molar-refractivity contribution >= 4 is 41.9 Å². The van der Waals surface area contributed by atoms with Gasteiger partial charge in [-0.15, -0.1) is 0 Å². The van der Waals surface area contributed by atoms with Crippen molar-refractivity contribution in [2.24, 2.45) is 0 Å². The number of rotatable bonds is 3. The molecule has 0 aliphatic carbocycles. The van der Waals surface area contributed by atoms with Crippen LogP contribution in [0.25, 0.3) is 4.98 Å². The topological polar surface area (TPSA) is 146 Å². The van der Waals surface area contributed by atoms with Gasteiger partial charge in [0.05, 0.1) is 17.6 Å². The summed E-state index contributed by atoms with van der Waals surface area (Å²) in [5, 5.41) is 8.70. The van der Waals surface area contributed by atoms with Crippen LogP contribution in [0.2, 0.25) is 0 Å². The van der Waals surface area contributed by atoms with E-state index in [2.05, 4.69) is 25.6 Å². The monoisotopic (exact) mass is 452 g/mol. The second-order valence-corrected chi connectivity index (χ2v) is 6.66. The Labute approximate surface area is 133 Å². The van der Waals surface area contributed by atoms with Crippen LogP contribution in [0.3, 0.4) is 0 Å². The van der Waals surface area contributed by atoms with Crippen molar-refractivity contribution < 1.29 is 47.7 Å². The van der Waals surface area contributed by atoms with Crippen molar-refractivity contribution in [3.63, 3.8) is 0 Å². The molecule has 0 fully saturated rings. The summed E-state index contributed by atoms with van der Waals surface area (Å²) >= 11 is 2.63. The lowest BCUT2D eigenvalue weighted by molar-refractivity contribution is -0.0000127. The molecular formula is C7H6Br2N2O7S2. The van der Waals surface area contributed by atoms with Crippen LogP contribution in [0.1, 0.15) is 0 Å². The average molecular weight is 454 g/mol. The molecular weight excluding hydrogens is 448 g/mol. The number of methoxy groups -OCH3 is 1. The van der Waals surface area contributed by atoms with E-state index in [9.17, 15) is 16.8 Å². The number of nitrogens with zero attached hydrogens (tertiary/aromatic N) is 2. The van der Waals surface area contributed by atoms with Crippen molar-refractivity contribution in [1.82, 2.24) is 0 Å². The molecule has 0 saturated carbocycles. The standard InChI is InChI=1S/C7H5BrN2O7S2.BrH/c1-17-6-3(10-9)2-4(18(11,12)13)5(8)7(6)19(14,15)16;/h2H,1H3,(H-,11,12,13,14,15,16);1H. The Kier molecular flexibility index (Phi) is 6.08. The molecule has 0 radical (unpaired) electrons. The zero-order chi connectivity index (χ0) is 15.0. The molecule has 9 nitrogen and oxygen atoms in total. The van der Waals surface area contributed by atoms with E-state index in [1.54, 1.807) is 0 Å². The van der Waals surface area contributed by atoms with E-state index >= 15 is 0 Å². The van der Waals surface area contributed by atoms with Gasteiger partial charge in [0.15, 0.2) is 9.87 Å². The van der Waals surface area contributed by atoms with E-state index in [1.807, 2.05) is 0 Å². The quantitative estimate of drug-likeness (QED) is 0.412. The highest BCUT2D eigenvalue weighted by Gasteiger charge is 2.35. The van der Waals surface area contributed by atoms with Crippen LogP contribution in [0, 0.1) is 5.39 Å². The number of hydrogen-bond donors (Lipinski definition) is 2. The van der Waals surface area contributed by atoms with Crippen molar-refractivity contribution in [2.45, 2.75) is 9.79 Å². The first-order chi connectivity index (χ1) is 8.54. The molecule has 20 heavy (non-hydrogen) atoms. The van der Waals surface area contributed by atoms with E-state index in [1.165, 1.54) is 0 Å². The van der Waals surface area contributed by atoms with E-state index in [-0.39, 0.29) is 17.0 Å². The van der Waals surface area contributed by atoms with Crippen LogP contribution >= 0.6 is 15.9 Å². The third-order valence-corrected chi connectivity index (χ3v) is 5.10. The molecule has 0 aromatic heterocycles. The molecule has 1 aromatic rings. The fourth-order valence-electron chi connectivity index (χ4n) is 1.27. The summed E-state index contributed by atoms with van der Waals surface area (Å²) in [5.41, 5.74) is -0.606. The predicted octanol–water partition coefficient (Wildman–Crippen LogP) is -1.56. The molecule has 0 bridgehead atoms. The smallest absolute Gasteiger partial charge is 0.429 e. The third-order valence-electron chi connectivity index (χ3n) is 1.97. The number of diazo groups is 1. The molecule has 0 aliphatic rings. The highest BCUT2D eigenvalue weighted by Crippen LogP contribution is 2.43. The lowest BCUT2D eigenvalue weighted by atomic mass is 10.3. The molecule has 112 valence electrons. The van der Waals surface area contributed by atoms with E-state index in [0.717, 1.165) is 7.11 Å². The molecule has 0 heterocycles. The Morgan fingerprint density at radius 2 is 1.75 bits per heavy atom. The van der Waals surface area contributed by atoms with Crippen LogP contribution in [0.4, 0.5) is 5.69 Å². The molecule has 0 saturated heterocycles. The fourth-order valence-corrected chi connectivity index (χ4v) is 4.20. The van der Waals surface area contributed by atoms with Crippen LogP contribution in [0.5, 0.6) is 5.75 Å². The normalized spacial score (nSPS) is 11.3. The summed E-state index contributed by atoms with van der Waals surface area (Å²) < 4.78 is 66.6. The minimum absolute atomic E-state index is 0. The van der Waals surface area contributed by atoms with Gasteiger partial charge in [0.2, 0.25) is 11.1 Å². The van der Waals surface area contributed by atoms with Crippen molar-refractivity contribution in [3.05, 3.63) is 15.5 Å².